The molecule has 0 unspecified atom stereocenters. The molecule has 0 amide bonds. The van der Waals surface area contributed by atoms with Gasteiger partial charge in [-0.1, -0.05) is 0 Å². The fraction of sp³-hybridized carbons (Fsp3) is 0.833. The number of hydrogen-bond donors (Lipinski definition) is 1. The molecule has 0 aromatic rings. The maximum absolute atomic E-state index is 3.84. The van der Waals surface area contributed by atoms with Crippen LogP contribution in [0, 0.1) is 7.05 Å². The zero-order valence-electron chi connectivity index (χ0n) is 5.35. The summed E-state index contributed by atoms with van der Waals surface area (Å²) in [6.07, 6.45) is 0. The van der Waals surface area contributed by atoms with Gasteiger partial charge in [0.25, 0.3) is 0 Å². The molecule has 2 heteroatoms. The molecule has 1 rings (SSSR count). The minimum Gasteiger partial charge on any atom is -0.457 e. The summed E-state index contributed by atoms with van der Waals surface area (Å²) in [5, 5.41) is 3.33. The SMILES string of the molecule is [CH2-]N1CCN[C@H](C)C1. The van der Waals surface area contributed by atoms with Crippen molar-refractivity contribution in [3.63, 3.8) is 0 Å². The Kier molecular flexibility index (Phi) is 1.86. The summed E-state index contributed by atoms with van der Waals surface area (Å²) in [6, 6.07) is 0.626. The van der Waals surface area contributed by atoms with Gasteiger partial charge >= 0.3 is 0 Å². The van der Waals surface area contributed by atoms with Gasteiger partial charge in [-0.3, -0.25) is 7.05 Å². The first-order valence-electron chi connectivity index (χ1n) is 3.08. The minimum atomic E-state index is 0.626. The number of hydrogen-bond acceptors (Lipinski definition) is 2. The van der Waals surface area contributed by atoms with E-state index in [-0.39, 0.29) is 0 Å². The quantitative estimate of drug-likeness (QED) is 0.447. The van der Waals surface area contributed by atoms with Crippen LogP contribution in [0.4, 0.5) is 0 Å². The molecule has 48 valence electrons. The normalized spacial score (nSPS) is 33.0. The second-order valence-corrected chi connectivity index (χ2v) is 2.43. The monoisotopic (exact) mass is 113 g/mol. The molecule has 1 fully saturated rings. The molecule has 8 heavy (non-hydrogen) atoms. The van der Waals surface area contributed by atoms with Gasteiger partial charge in [-0.05, 0) is 20.0 Å². The van der Waals surface area contributed by atoms with Crippen molar-refractivity contribution in [1.29, 1.82) is 0 Å². The summed E-state index contributed by atoms with van der Waals surface area (Å²) in [5.74, 6) is 0. The predicted octanol–water partition coefficient (Wildman–Crippen LogP) is 0.0717. The molecule has 1 aliphatic rings. The van der Waals surface area contributed by atoms with E-state index in [9.17, 15) is 0 Å². The summed E-state index contributed by atoms with van der Waals surface area (Å²) in [7, 11) is 3.84. The summed E-state index contributed by atoms with van der Waals surface area (Å²) in [4.78, 5) is 2.10. The second-order valence-electron chi connectivity index (χ2n) is 2.43. The maximum Gasteiger partial charge on any atom is 0.0143 e. The van der Waals surface area contributed by atoms with E-state index in [0.29, 0.717) is 6.04 Å². The molecule has 0 radical (unpaired) electrons. The summed E-state index contributed by atoms with van der Waals surface area (Å²) >= 11 is 0. The van der Waals surface area contributed by atoms with Crippen LogP contribution in [0.25, 0.3) is 0 Å². The van der Waals surface area contributed by atoms with E-state index in [1.54, 1.807) is 0 Å². The van der Waals surface area contributed by atoms with Gasteiger partial charge in [0.1, 0.15) is 0 Å². The zero-order chi connectivity index (χ0) is 5.98. The van der Waals surface area contributed by atoms with Crippen molar-refractivity contribution in [2.75, 3.05) is 19.6 Å². The van der Waals surface area contributed by atoms with Crippen LogP contribution in [-0.2, 0) is 0 Å². The summed E-state index contributed by atoms with van der Waals surface area (Å²) in [5.41, 5.74) is 0. The van der Waals surface area contributed by atoms with E-state index in [1.807, 2.05) is 0 Å². The molecule has 0 aliphatic carbocycles. The van der Waals surface area contributed by atoms with Crippen LogP contribution in [0.3, 0.4) is 0 Å². The molecule has 0 aromatic carbocycles. The first-order chi connectivity index (χ1) is 3.79. The molecule has 0 spiro atoms. The lowest BCUT2D eigenvalue weighted by atomic mass is 10.2. The van der Waals surface area contributed by atoms with Crippen molar-refractivity contribution in [3.8, 4) is 0 Å². The largest absolute Gasteiger partial charge is 0.457 e. The van der Waals surface area contributed by atoms with Crippen LogP contribution in [0.2, 0.25) is 0 Å². The van der Waals surface area contributed by atoms with Crippen molar-refractivity contribution >= 4 is 0 Å². The molecule has 0 saturated carbocycles. The van der Waals surface area contributed by atoms with Crippen molar-refractivity contribution in [2.45, 2.75) is 13.0 Å². The lowest BCUT2D eigenvalue weighted by Crippen LogP contribution is -2.46. The molecule has 1 heterocycles. The highest BCUT2D eigenvalue weighted by atomic mass is 15.2. The number of nitrogens with one attached hydrogen (secondary N) is 1. The van der Waals surface area contributed by atoms with Gasteiger partial charge in [-0.2, -0.15) is 0 Å². The Morgan fingerprint density at radius 3 is 2.88 bits per heavy atom. The Labute approximate surface area is 50.9 Å². The highest BCUT2D eigenvalue weighted by Crippen LogP contribution is 1.93. The number of nitrogens with zero attached hydrogens (tertiary/aromatic N) is 1. The van der Waals surface area contributed by atoms with Gasteiger partial charge in [0.2, 0.25) is 0 Å². The highest BCUT2D eigenvalue weighted by Gasteiger charge is 2.05. The lowest BCUT2D eigenvalue weighted by Gasteiger charge is -2.34. The van der Waals surface area contributed by atoms with Crippen molar-refractivity contribution in [3.05, 3.63) is 7.05 Å². The standard InChI is InChI=1S/C6H13N2/c1-6-5-8(2)4-3-7-6/h6-7H,2-5H2,1H3/q-1/t6-/m1/s1. The van der Waals surface area contributed by atoms with Gasteiger partial charge in [0, 0.05) is 12.6 Å². The maximum atomic E-state index is 3.84. The van der Waals surface area contributed by atoms with Crippen molar-refractivity contribution in [2.24, 2.45) is 0 Å². The summed E-state index contributed by atoms with van der Waals surface area (Å²) in [6.45, 7) is 5.44. The van der Waals surface area contributed by atoms with Gasteiger partial charge < -0.3 is 10.2 Å². The van der Waals surface area contributed by atoms with Crippen molar-refractivity contribution < 1.29 is 0 Å². The molecule has 1 aliphatic heterocycles. The third kappa shape index (κ3) is 1.46. The van der Waals surface area contributed by atoms with Crippen LogP contribution in [-0.4, -0.2) is 30.6 Å². The molecular formula is C6H13N2-. The fourth-order valence-electron chi connectivity index (χ4n) is 1.01. The average molecular weight is 113 g/mol. The Hall–Kier alpha value is -0.0800. The van der Waals surface area contributed by atoms with Crippen LogP contribution in [0.1, 0.15) is 6.92 Å². The van der Waals surface area contributed by atoms with Gasteiger partial charge in [-0.15, -0.1) is 0 Å². The minimum absolute atomic E-state index is 0.626. The van der Waals surface area contributed by atoms with E-state index in [2.05, 4.69) is 24.2 Å². The van der Waals surface area contributed by atoms with E-state index in [1.165, 1.54) is 0 Å². The smallest absolute Gasteiger partial charge is 0.0143 e. The Morgan fingerprint density at radius 2 is 2.50 bits per heavy atom. The molecule has 0 aromatic heterocycles. The van der Waals surface area contributed by atoms with Gasteiger partial charge in [0.15, 0.2) is 0 Å². The third-order valence-electron chi connectivity index (χ3n) is 1.45. The molecular weight excluding hydrogens is 100 g/mol. The second kappa shape index (κ2) is 2.46. The van der Waals surface area contributed by atoms with E-state index >= 15 is 0 Å². The van der Waals surface area contributed by atoms with E-state index < -0.39 is 0 Å². The van der Waals surface area contributed by atoms with Gasteiger partial charge in [-0.25, -0.2) is 0 Å². The highest BCUT2D eigenvalue weighted by molar-refractivity contribution is 4.73. The Bertz CT molecular complexity index is 64.9. The Balaban J connectivity index is 2.23. The molecule has 0 bridgehead atoms. The molecule has 1 atom stereocenters. The van der Waals surface area contributed by atoms with Crippen molar-refractivity contribution in [1.82, 2.24) is 10.2 Å². The average Bonchev–Trinajstić information content (AvgIpc) is 1.64. The third-order valence-corrected chi connectivity index (χ3v) is 1.45. The van der Waals surface area contributed by atoms with Gasteiger partial charge in [0.05, 0.1) is 0 Å². The van der Waals surface area contributed by atoms with Crippen LogP contribution in [0.15, 0.2) is 0 Å². The van der Waals surface area contributed by atoms with Crippen LogP contribution < -0.4 is 5.32 Å². The van der Waals surface area contributed by atoms with E-state index in [4.69, 9.17) is 0 Å². The van der Waals surface area contributed by atoms with Crippen LogP contribution >= 0.6 is 0 Å². The van der Waals surface area contributed by atoms with E-state index in [0.717, 1.165) is 19.6 Å². The zero-order valence-corrected chi connectivity index (χ0v) is 5.35. The number of rotatable bonds is 0. The predicted molar refractivity (Wildman–Crippen MR) is 34.4 cm³/mol. The molecule has 2 nitrogen and oxygen atoms in total. The number of piperazine rings is 1. The molecule has 1 saturated heterocycles. The first-order valence-corrected chi connectivity index (χ1v) is 3.08. The summed E-state index contributed by atoms with van der Waals surface area (Å²) < 4.78 is 0. The molecule has 1 N–H and O–H groups in total. The lowest BCUT2D eigenvalue weighted by molar-refractivity contribution is 0.272. The topological polar surface area (TPSA) is 15.3 Å². The Morgan fingerprint density at radius 1 is 1.75 bits per heavy atom. The first kappa shape index (κ1) is 6.05. The van der Waals surface area contributed by atoms with Crippen LogP contribution in [0.5, 0.6) is 0 Å². The fourth-order valence-corrected chi connectivity index (χ4v) is 1.01.